The number of para-hydroxylation sites is 1. The van der Waals surface area contributed by atoms with Crippen LogP contribution in [-0.2, 0) is 22.0 Å². The van der Waals surface area contributed by atoms with Crippen LogP contribution in [0.25, 0.3) is 10.9 Å². The number of sulfone groups is 1. The van der Waals surface area contributed by atoms with Crippen LogP contribution >= 0.6 is 0 Å². The average molecular weight is 526 g/mol. The predicted octanol–water partition coefficient (Wildman–Crippen LogP) is 4.29. The maximum absolute atomic E-state index is 13.3. The fourth-order valence-corrected chi connectivity index (χ4v) is 6.56. The van der Waals surface area contributed by atoms with Crippen molar-refractivity contribution in [2.75, 3.05) is 13.1 Å². The summed E-state index contributed by atoms with van der Waals surface area (Å²) < 4.78 is 26.5. The lowest BCUT2D eigenvalue weighted by Crippen LogP contribution is -2.47. The van der Waals surface area contributed by atoms with Gasteiger partial charge in [0.25, 0.3) is 5.91 Å². The number of nitriles is 1. The van der Waals surface area contributed by atoms with Gasteiger partial charge in [0.1, 0.15) is 0 Å². The van der Waals surface area contributed by atoms with Crippen LogP contribution in [0.15, 0.2) is 90.0 Å². The lowest BCUT2D eigenvalue weighted by Gasteiger charge is -2.38. The Kier molecular flexibility index (Phi) is 6.98. The molecule has 1 saturated heterocycles. The summed E-state index contributed by atoms with van der Waals surface area (Å²) in [5.74, 6) is -0.613. The van der Waals surface area contributed by atoms with Crippen molar-refractivity contribution in [3.8, 4) is 6.07 Å². The summed E-state index contributed by atoms with van der Waals surface area (Å²) in [6.45, 7) is 0.745. The second-order valence-electron chi connectivity index (χ2n) is 9.76. The van der Waals surface area contributed by atoms with Crippen LogP contribution in [0.5, 0.6) is 0 Å². The summed E-state index contributed by atoms with van der Waals surface area (Å²) in [6.07, 6.45) is 2.95. The topological polar surface area (TPSA) is 111 Å². The predicted molar refractivity (Wildman–Crippen MR) is 144 cm³/mol. The van der Waals surface area contributed by atoms with Crippen molar-refractivity contribution in [1.29, 1.82) is 5.26 Å². The van der Waals surface area contributed by atoms with Crippen molar-refractivity contribution in [3.05, 3.63) is 107 Å². The van der Waals surface area contributed by atoms with E-state index in [0.717, 1.165) is 10.9 Å². The third-order valence-electron chi connectivity index (χ3n) is 7.08. The Balaban J connectivity index is 1.31. The van der Waals surface area contributed by atoms with Crippen LogP contribution in [0.2, 0.25) is 0 Å². The summed E-state index contributed by atoms with van der Waals surface area (Å²) in [4.78, 5) is 19.3. The van der Waals surface area contributed by atoms with Crippen LogP contribution in [0.4, 0.5) is 0 Å². The molecule has 5 rings (SSSR count). The van der Waals surface area contributed by atoms with Gasteiger partial charge in [0, 0.05) is 31.1 Å². The van der Waals surface area contributed by atoms with Gasteiger partial charge in [0.2, 0.25) is 0 Å². The first-order valence-corrected chi connectivity index (χ1v) is 14.1. The molecule has 2 heterocycles. The van der Waals surface area contributed by atoms with Gasteiger partial charge >= 0.3 is 0 Å². The van der Waals surface area contributed by atoms with E-state index in [4.69, 9.17) is 0 Å². The molecule has 0 bridgehead atoms. The molecule has 0 spiro atoms. The third-order valence-corrected chi connectivity index (χ3v) is 8.79. The second-order valence-corrected chi connectivity index (χ2v) is 11.7. The molecule has 0 saturated carbocycles. The van der Waals surface area contributed by atoms with Gasteiger partial charge in [0.05, 0.1) is 39.0 Å². The third kappa shape index (κ3) is 5.30. The highest BCUT2D eigenvalue weighted by Gasteiger charge is 2.34. The number of hydrogen-bond acceptors (Lipinski definition) is 6. The first-order valence-electron chi connectivity index (χ1n) is 12.4. The molecule has 1 amide bonds. The molecule has 0 radical (unpaired) electrons. The van der Waals surface area contributed by atoms with E-state index in [1.165, 1.54) is 18.2 Å². The first-order chi connectivity index (χ1) is 18.3. The normalized spacial score (nSPS) is 15.2. The number of aromatic nitrogens is 1. The van der Waals surface area contributed by atoms with Gasteiger partial charge in [0.15, 0.2) is 9.84 Å². The number of benzene rings is 3. The Bertz CT molecular complexity index is 1630. The van der Waals surface area contributed by atoms with Gasteiger partial charge in [-0.25, -0.2) is 8.42 Å². The number of carbonyl (C=O) groups is 1. The molecule has 0 atom stereocenters. The molecule has 1 aliphatic rings. The highest BCUT2D eigenvalue weighted by molar-refractivity contribution is 7.90. The van der Waals surface area contributed by atoms with E-state index in [9.17, 15) is 23.6 Å². The van der Waals surface area contributed by atoms with Crippen molar-refractivity contribution < 1.29 is 18.3 Å². The van der Waals surface area contributed by atoms with Crippen molar-refractivity contribution in [1.82, 2.24) is 9.88 Å². The number of carbonyl (C=O) groups excluding carboxylic acids is 1. The smallest absolute Gasteiger partial charge is 0.255 e. The van der Waals surface area contributed by atoms with Gasteiger partial charge in [-0.05, 0) is 48.2 Å². The Morgan fingerprint density at radius 3 is 2.45 bits per heavy atom. The Morgan fingerprint density at radius 1 is 0.974 bits per heavy atom. The Hall–Kier alpha value is -4.06. The summed E-state index contributed by atoms with van der Waals surface area (Å²) in [5.41, 5.74) is 1.34. The molecule has 3 aromatic carbocycles. The fraction of sp³-hybridized carbons (Fsp3) is 0.233. The van der Waals surface area contributed by atoms with Gasteiger partial charge in [-0.3, -0.25) is 9.78 Å². The summed E-state index contributed by atoms with van der Waals surface area (Å²) in [7, 11) is -3.75. The lowest BCUT2D eigenvalue weighted by atomic mass is 9.85. The largest absolute Gasteiger partial charge is 0.389 e. The molecule has 1 aromatic heterocycles. The first kappa shape index (κ1) is 25.6. The summed E-state index contributed by atoms with van der Waals surface area (Å²) in [5, 5.41) is 21.5. The zero-order chi connectivity index (χ0) is 26.8. The maximum Gasteiger partial charge on any atom is 0.255 e. The van der Waals surface area contributed by atoms with Crippen LogP contribution in [0, 0.1) is 11.3 Å². The SMILES string of the molecule is N#Cc1cc(CS(=O)(=O)c2cccc3cccnc23)ccc1C(=O)N1CCC(O)(Cc2ccccc2)CC1. The minimum atomic E-state index is -3.75. The lowest BCUT2D eigenvalue weighted by molar-refractivity contribution is -0.0162. The number of rotatable bonds is 6. The molecule has 1 N–H and O–H groups in total. The highest BCUT2D eigenvalue weighted by Crippen LogP contribution is 2.29. The molecule has 0 unspecified atom stereocenters. The monoisotopic (exact) mass is 525 g/mol. The molecule has 192 valence electrons. The second kappa shape index (κ2) is 10.4. The number of amides is 1. The average Bonchev–Trinajstić information content (AvgIpc) is 2.93. The quantitative estimate of drug-likeness (QED) is 0.402. The van der Waals surface area contributed by atoms with Gasteiger partial charge in [-0.15, -0.1) is 0 Å². The minimum Gasteiger partial charge on any atom is -0.389 e. The van der Waals surface area contributed by atoms with Crippen molar-refractivity contribution >= 4 is 26.6 Å². The Labute approximate surface area is 221 Å². The number of piperidine rings is 1. The van der Waals surface area contributed by atoms with E-state index in [2.05, 4.69) is 11.1 Å². The molecular weight excluding hydrogens is 498 g/mol. The van der Waals surface area contributed by atoms with E-state index < -0.39 is 15.4 Å². The van der Waals surface area contributed by atoms with Gasteiger partial charge in [-0.1, -0.05) is 54.6 Å². The highest BCUT2D eigenvalue weighted by atomic mass is 32.2. The standard InChI is InChI=1S/C30H27N3O4S/c31-20-25-18-23(21-38(36,37)27-10-4-8-24-9-5-15-32-28(24)27)11-12-26(25)29(34)33-16-13-30(35,14-17-33)19-22-6-2-1-3-7-22/h1-12,15,18,35H,13-14,16-17,19,21H2. The van der Waals surface area contributed by atoms with Crippen LogP contribution in [-0.4, -0.2) is 48.0 Å². The van der Waals surface area contributed by atoms with Crippen LogP contribution < -0.4 is 0 Å². The van der Waals surface area contributed by atoms with E-state index in [1.54, 1.807) is 41.4 Å². The molecule has 0 aliphatic carbocycles. The number of nitrogens with zero attached hydrogens (tertiary/aromatic N) is 3. The maximum atomic E-state index is 13.3. The molecule has 38 heavy (non-hydrogen) atoms. The molecule has 7 nitrogen and oxygen atoms in total. The van der Waals surface area contributed by atoms with E-state index in [0.29, 0.717) is 43.4 Å². The Morgan fingerprint density at radius 2 is 1.71 bits per heavy atom. The fourth-order valence-electron chi connectivity index (χ4n) is 5.03. The summed E-state index contributed by atoms with van der Waals surface area (Å²) in [6, 6.07) is 25.0. The minimum absolute atomic E-state index is 0.129. The van der Waals surface area contributed by atoms with Gasteiger partial charge in [-0.2, -0.15) is 5.26 Å². The molecule has 1 fully saturated rings. The molecule has 8 heteroatoms. The zero-order valence-corrected chi connectivity index (χ0v) is 21.6. The van der Waals surface area contributed by atoms with Crippen LogP contribution in [0.1, 0.15) is 39.9 Å². The zero-order valence-electron chi connectivity index (χ0n) is 20.7. The van der Waals surface area contributed by atoms with Crippen LogP contribution in [0.3, 0.4) is 0 Å². The molecular formula is C30H27N3O4S. The number of pyridine rings is 1. The number of aliphatic hydroxyl groups is 1. The van der Waals surface area contributed by atoms with Crippen molar-refractivity contribution in [2.24, 2.45) is 0 Å². The van der Waals surface area contributed by atoms with E-state index in [-0.39, 0.29) is 27.7 Å². The number of fused-ring (bicyclic) bond motifs is 1. The van der Waals surface area contributed by atoms with Crippen molar-refractivity contribution in [2.45, 2.75) is 35.5 Å². The molecule has 1 aliphatic heterocycles. The number of likely N-dealkylation sites (tertiary alicyclic amines) is 1. The van der Waals surface area contributed by atoms with Gasteiger partial charge < -0.3 is 10.0 Å². The van der Waals surface area contributed by atoms with E-state index >= 15 is 0 Å². The van der Waals surface area contributed by atoms with Crippen molar-refractivity contribution in [3.63, 3.8) is 0 Å². The molecule has 4 aromatic rings. The number of hydrogen-bond donors (Lipinski definition) is 1. The van der Waals surface area contributed by atoms with E-state index in [1.807, 2.05) is 30.3 Å². The summed E-state index contributed by atoms with van der Waals surface area (Å²) >= 11 is 0.